The number of nitrogens with zero attached hydrogens (tertiary/aromatic N) is 1. The molecule has 76 valence electrons. The van der Waals surface area contributed by atoms with E-state index in [2.05, 4.69) is 15.5 Å². The van der Waals surface area contributed by atoms with Crippen molar-refractivity contribution in [2.75, 3.05) is 0 Å². The van der Waals surface area contributed by atoms with Crippen LogP contribution in [0, 0.1) is 0 Å². The number of carbonyl (C=O) groups excluding carboxylic acids is 1. The topological polar surface area (TPSA) is 95.1 Å². The number of carboxylic acids is 1. The van der Waals surface area contributed by atoms with E-state index < -0.39 is 17.4 Å². The van der Waals surface area contributed by atoms with Crippen LogP contribution in [-0.4, -0.2) is 32.7 Å². The van der Waals surface area contributed by atoms with Crippen molar-refractivity contribution in [3.8, 4) is 0 Å². The van der Waals surface area contributed by atoms with Gasteiger partial charge in [-0.25, -0.2) is 4.79 Å². The van der Waals surface area contributed by atoms with E-state index in [1.807, 2.05) is 0 Å². The Morgan fingerprint density at radius 2 is 2.21 bits per heavy atom. The average Bonchev–Trinajstić information content (AvgIpc) is 2.54. The van der Waals surface area contributed by atoms with Crippen molar-refractivity contribution < 1.29 is 14.7 Å². The van der Waals surface area contributed by atoms with Crippen LogP contribution in [0.25, 0.3) is 0 Å². The van der Waals surface area contributed by atoms with Crippen LogP contribution < -0.4 is 5.32 Å². The highest BCUT2D eigenvalue weighted by atomic mass is 16.4. The summed E-state index contributed by atoms with van der Waals surface area (Å²) in [7, 11) is 0. The van der Waals surface area contributed by atoms with Crippen molar-refractivity contribution in [2.45, 2.75) is 19.4 Å². The Balaban J connectivity index is 2.71. The Morgan fingerprint density at radius 1 is 1.57 bits per heavy atom. The molecule has 1 rings (SSSR count). The third kappa shape index (κ3) is 2.09. The molecule has 1 aromatic rings. The SMILES string of the molecule is CC(C)(NC(=O)c1ccn[nH]1)C(=O)O. The molecule has 0 atom stereocenters. The zero-order valence-corrected chi connectivity index (χ0v) is 7.87. The van der Waals surface area contributed by atoms with Gasteiger partial charge in [0.15, 0.2) is 0 Å². The highest BCUT2D eigenvalue weighted by Crippen LogP contribution is 2.03. The van der Waals surface area contributed by atoms with Gasteiger partial charge in [0.2, 0.25) is 0 Å². The maximum absolute atomic E-state index is 11.4. The molecular weight excluding hydrogens is 186 g/mol. The predicted octanol–water partition coefficient (Wildman–Crippen LogP) is 0.00270. The predicted molar refractivity (Wildman–Crippen MR) is 47.8 cm³/mol. The number of aromatic amines is 1. The minimum absolute atomic E-state index is 0.235. The molecule has 1 aromatic heterocycles. The number of carboxylic acid groups (broad SMARTS) is 1. The van der Waals surface area contributed by atoms with E-state index in [9.17, 15) is 9.59 Å². The lowest BCUT2D eigenvalue weighted by molar-refractivity contribution is -0.143. The van der Waals surface area contributed by atoms with E-state index in [1.165, 1.54) is 26.1 Å². The lowest BCUT2D eigenvalue weighted by atomic mass is 10.1. The summed E-state index contributed by atoms with van der Waals surface area (Å²) in [6.07, 6.45) is 1.42. The maximum Gasteiger partial charge on any atom is 0.328 e. The number of aliphatic carboxylic acids is 1. The summed E-state index contributed by atoms with van der Waals surface area (Å²) >= 11 is 0. The average molecular weight is 197 g/mol. The Bertz CT molecular complexity index is 343. The fourth-order valence-electron chi connectivity index (χ4n) is 0.787. The largest absolute Gasteiger partial charge is 0.480 e. The first-order chi connectivity index (χ1) is 6.43. The second kappa shape index (κ2) is 3.49. The molecule has 0 aliphatic carbocycles. The van der Waals surface area contributed by atoms with Gasteiger partial charge in [0.05, 0.1) is 0 Å². The minimum atomic E-state index is -1.29. The molecule has 0 saturated heterocycles. The molecule has 0 fully saturated rings. The summed E-state index contributed by atoms with van der Waals surface area (Å²) in [6.45, 7) is 2.81. The number of hydrogen-bond donors (Lipinski definition) is 3. The number of H-pyrrole nitrogens is 1. The molecule has 0 radical (unpaired) electrons. The Morgan fingerprint density at radius 3 is 2.64 bits per heavy atom. The number of carbonyl (C=O) groups is 2. The van der Waals surface area contributed by atoms with Crippen LogP contribution in [0.2, 0.25) is 0 Å². The number of hydrogen-bond acceptors (Lipinski definition) is 3. The van der Waals surface area contributed by atoms with Crippen LogP contribution in [0.4, 0.5) is 0 Å². The van der Waals surface area contributed by atoms with Crippen molar-refractivity contribution in [1.29, 1.82) is 0 Å². The van der Waals surface area contributed by atoms with Crippen LogP contribution in [0.5, 0.6) is 0 Å². The summed E-state index contributed by atoms with van der Waals surface area (Å²) in [5.74, 6) is -1.58. The summed E-state index contributed by atoms with van der Waals surface area (Å²) in [4.78, 5) is 22.1. The van der Waals surface area contributed by atoms with Gasteiger partial charge >= 0.3 is 5.97 Å². The second-order valence-electron chi connectivity index (χ2n) is 3.35. The standard InChI is InChI=1S/C8H11N3O3/c1-8(2,7(13)14)10-6(12)5-3-4-9-11-5/h3-4H,1-2H3,(H,9,11)(H,10,12)(H,13,14). The maximum atomic E-state index is 11.4. The molecule has 0 bridgehead atoms. The highest BCUT2D eigenvalue weighted by molar-refractivity contribution is 5.95. The highest BCUT2D eigenvalue weighted by Gasteiger charge is 2.29. The van der Waals surface area contributed by atoms with Gasteiger partial charge in [-0.1, -0.05) is 0 Å². The van der Waals surface area contributed by atoms with Gasteiger partial charge in [0, 0.05) is 6.20 Å². The number of aromatic nitrogens is 2. The number of nitrogens with one attached hydrogen (secondary N) is 2. The van der Waals surface area contributed by atoms with E-state index >= 15 is 0 Å². The van der Waals surface area contributed by atoms with Crippen LogP contribution in [0.15, 0.2) is 12.3 Å². The molecule has 0 unspecified atom stereocenters. The fraction of sp³-hybridized carbons (Fsp3) is 0.375. The van der Waals surface area contributed by atoms with Gasteiger partial charge in [0.25, 0.3) is 5.91 Å². The van der Waals surface area contributed by atoms with Crippen molar-refractivity contribution in [2.24, 2.45) is 0 Å². The number of rotatable bonds is 3. The first-order valence-electron chi connectivity index (χ1n) is 3.99. The number of amides is 1. The summed E-state index contributed by atoms with van der Waals surface area (Å²) in [6, 6.07) is 1.47. The first kappa shape index (κ1) is 10.2. The molecule has 0 saturated carbocycles. The van der Waals surface area contributed by atoms with E-state index in [1.54, 1.807) is 0 Å². The van der Waals surface area contributed by atoms with Crippen molar-refractivity contribution >= 4 is 11.9 Å². The van der Waals surface area contributed by atoms with E-state index in [-0.39, 0.29) is 5.69 Å². The van der Waals surface area contributed by atoms with Crippen molar-refractivity contribution in [3.05, 3.63) is 18.0 Å². The van der Waals surface area contributed by atoms with Crippen LogP contribution in [0.1, 0.15) is 24.3 Å². The zero-order chi connectivity index (χ0) is 10.8. The summed E-state index contributed by atoms with van der Waals surface area (Å²) < 4.78 is 0. The van der Waals surface area contributed by atoms with E-state index in [0.29, 0.717) is 0 Å². The Labute approximate surface area is 80.3 Å². The van der Waals surface area contributed by atoms with E-state index in [0.717, 1.165) is 0 Å². The van der Waals surface area contributed by atoms with Crippen LogP contribution in [0.3, 0.4) is 0 Å². The molecule has 14 heavy (non-hydrogen) atoms. The van der Waals surface area contributed by atoms with Crippen molar-refractivity contribution in [1.82, 2.24) is 15.5 Å². The lowest BCUT2D eigenvalue weighted by Crippen LogP contribution is -2.49. The molecule has 0 aromatic carbocycles. The smallest absolute Gasteiger partial charge is 0.328 e. The van der Waals surface area contributed by atoms with Gasteiger partial charge in [-0.2, -0.15) is 5.10 Å². The molecule has 0 aliphatic heterocycles. The van der Waals surface area contributed by atoms with Gasteiger partial charge < -0.3 is 10.4 Å². The fourth-order valence-corrected chi connectivity index (χ4v) is 0.787. The molecule has 1 heterocycles. The Hall–Kier alpha value is -1.85. The van der Waals surface area contributed by atoms with Gasteiger partial charge in [-0.05, 0) is 19.9 Å². The lowest BCUT2D eigenvalue weighted by Gasteiger charge is -2.20. The zero-order valence-electron chi connectivity index (χ0n) is 7.87. The Kier molecular flexibility index (Phi) is 2.55. The summed E-state index contributed by atoms with van der Waals surface area (Å²) in [5.41, 5.74) is -1.05. The van der Waals surface area contributed by atoms with Crippen LogP contribution in [-0.2, 0) is 4.79 Å². The third-order valence-corrected chi connectivity index (χ3v) is 1.71. The molecule has 0 spiro atoms. The molecule has 6 heteroatoms. The monoisotopic (exact) mass is 197 g/mol. The van der Waals surface area contributed by atoms with Gasteiger partial charge in [-0.3, -0.25) is 9.89 Å². The normalized spacial score (nSPS) is 11.0. The molecule has 0 aliphatic rings. The van der Waals surface area contributed by atoms with Crippen molar-refractivity contribution in [3.63, 3.8) is 0 Å². The van der Waals surface area contributed by atoms with Gasteiger partial charge in [-0.15, -0.1) is 0 Å². The molecule has 6 nitrogen and oxygen atoms in total. The second-order valence-corrected chi connectivity index (χ2v) is 3.35. The van der Waals surface area contributed by atoms with Gasteiger partial charge in [0.1, 0.15) is 11.2 Å². The third-order valence-electron chi connectivity index (χ3n) is 1.71. The first-order valence-corrected chi connectivity index (χ1v) is 3.99. The molecule has 3 N–H and O–H groups in total. The summed E-state index contributed by atoms with van der Waals surface area (Å²) in [5, 5.41) is 17.1. The minimum Gasteiger partial charge on any atom is -0.480 e. The molecular formula is C8H11N3O3. The van der Waals surface area contributed by atoms with Crippen LogP contribution >= 0.6 is 0 Å². The quantitative estimate of drug-likeness (QED) is 0.635. The molecule has 1 amide bonds. The van der Waals surface area contributed by atoms with E-state index in [4.69, 9.17) is 5.11 Å².